The number of ether oxygens (including phenoxy) is 1. The Morgan fingerprint density at radius 1 is 1.20 bits per heavy atom. The Balaban J connectivity index is 0. The van der Waals surface area contributed by atoms with E-state index in [-0.39, 0.29) is 11.7 Å². The third kappa shape index (κ3) is 8.15. The molecule has 1 atom stereocenters. The fourth-order valence-corrected chi connectivity index (χ4v) is 1.79. The number of aliphatic imine (C=N–C) groups is 2. The third-order valence-corrected chi connectivity index (χ3v) is 2.74. The Hall–Kier alpha value is -2.63. The molecule has 6 heteroatoms. The van der Waals surface area contributed by atoms with E-state index in [0.29, 0.717) is 11.1 Å². The molecule has 6 nitrogen and oxygen atoms in total. The molecule has 25 heavy (non-hydrogen) atoms. The van der Waals surface area contributed by atoms with Gasteiger partial charge in [0.25, 0.3) is 5.56 Å². The van der Waals surface area contributed by atoms with Gasteiger partial charge in [0.15, 0.2) is 0 Å². The Kier molecular flexibility index (Phi) is 14.7. The summed E-state index contributed by atoms with van der Waals surface area (Å²) in [5.41, 5.74) is 1.36. The molecule has 0 aliphatic carbocycles. The van der Waals surface area contributed by atoms with Crippen LogP contribution in [0, 0.1) is 0 Å². The maximum atomic E-state index is 11.5. The summed E-state index contributed by atoms with van der Waals surface area (Å²) in [5, 5.41) is 5.88. The molecule has 0 radical (unpaired) electrons. The second kappa shape index (κ2) is 14.9. The highest BCUT2D eigenvalue weighted by molar-refractivity contribution is 5.98. The molecule has 1 unspecified atom stereocenters. The number of benzene rings is 1. The van der Waals surface area contributed by atoms with Gasteiger partial charge in [0.05, 0.1) is 16.6 Å². The molecule has 0 bridgehead atoms. The normalized spacial score (nSPS) is 10.8. The summed E-state index contributed by atoms with van der Waals surface area (Å²) in [7, 11) is 3.33. The molecule has 1 heterocycles. The van der Waals surface area contributed by atoms with Gasteiger partial charge in [0.1, 0.15) is 11.9 Å². The van der Waals surface area contributed by atoms with E-state index in [9.17, 15) is 4.79 Å². The number of hydrogen-bond acceptors (Lipinski definition) is 4. The monoisotopic (exact) mass is 348 g/mol. The van der Waals surface area contributed by atoms with Crippen LogP contribution >= 0.6 is 0 Å². The highest BCUT2D eigenvalue weighted by atomic mass is 16.5. The maximum absolute atomic E-state index is 11.5. The number of nitrogens with zero attached hydrogens (tertiary/aromatic N) is 2. The van der Waals surface area contributed by atoms with Gasteiger partial charge < -0.3 is 9.73 Å². The van der Waals surface area contributed by atoms with Crippen LogP contribution in [0.3, 0.4) is 0 Å². The van der Waals surface area contributed by atoms with E-state index in [0.717, 1.165) is 11.2 Å². The minimum atomic E-state index is -0.206. The summed E-state index contributed by atoms with van der Waals surface area (Å²) in [5.74, 6) is 0.628. The first kappa shape index (κ1) is 24.6. The fourth-order valence-electron chi connectivity index (χ4n) is 1.79. The summed E-state index contributed by atoms with van der Waals surface area (Å²) < 4.78 is 5.72. The zero-order valence-electron chi connectivity index (χ0n) is 16.5. The Labute approximate surface area is 150 Å². The molecule has 2 N–H and O–H groups in total. The molecule has 1 aromatic carbocycles. The molecule has 0 fully saturated rings. The molecule has 0 spiro atoms. The summed E-state index contributed by atoms with van der Waals surface area (Å²) in [6.07, 6.45) is 1.45. The predicted molar refractivity (Wildman–Crippen MR) is 111 cm³/mol. The smallest absolute Gasteiger partial charge is 0.271 e. The van der Waals surface area contributed by atoms with Crippen LogP contribution in [0.2, 0.25) is 0 Å². The van der Waals surface area contributed by atoms with Crippen LogP contribution in [0.25, 0.3) is 10.9 Å². The van der Waals surface area contributed by atoms with Gasteiger partial charge in [-0.2, -0.15) is 0 Å². The molecule has 1 aromatic heterocycles. The SMILES string of the molecule is C=CC(=NC)C(C)Oc1ccc2[nH][nH]c(=O)c2c1.C=NC.CC.CC. The quantitative estimate of drug-likeness (QED) is 0.810. The molecule has 0 saturated heterocycles. The average Bonchev–Trinajstić information content (AvgIpc) is 3.01. The van der Waals surface area contributed by atoms with E-state index in [4.69, 9.17) is 4.74 Å². The van der Waals surface area contributed by atoms with Crippen LogP contribution in [0.5, 0.6) is 5.75 Å². The van der Waals surface area contributed by atoms with Gasteiger partial charge in [0, 0.05) is 14.1 Å². The molecule has 0 amide bonds. The second-order valence-electron chi connectivity index (χ2n) is 4.22. The number of fused-ring (bicyclic) bond motifs is 1. The number of aromatic nitrogens is 2. The first-order chi connectivity index (χ1) is 12.1. The van der Waals surface area contributed by atoms with Crippen LogP contribution in [-0.4, -0.2) is 42.8 Å². The lowest BCUT2D eigenvalue weighted by molar-refractivity contribution is 0.288. The lowest BCUT2D eigenvalue weighted by Crippen LogP contribution is -2.21. The van der Waals surface area contributed by atoms with Crippen LogP contribution in [0.15, 0.2) is 45.6 Å². The van der Waals surface area contributed by atoms with Crippen LogP contribution in [0.1, 0.15) is 34.6 Å². The van der Waals surface area contributed by atoms with Crippen LogP contribution in [-0.2, 0) is 0 Å². The lowest BCUT2D eigenvalue weighted by Gasteiger charge is -2.14. The van der Waals surface area contributed by atoms with Crippen molar-refractivity contribution in [1.82, 2.24) is 10.2 Å². The molecule has 2 aromatic rings. The van der Waals surface area contributed by atoms with Crippen molar-refractivity contribution in [2.75, 3.05) is 14.1 Å². The largest absolute Gasteiger partial charge is 0.484 e. The van der Waals surface area contributed by atoms with Crippen molar-refractivity contribution < 1.29 is 4.74 Å². The van der Waals surface area contributed by atoms with Crippen molar-refractivity contribution in [1.29, 1.82) is 0 Å². The number of rotatable bonds is 4. The highest BCUT2D eigenvalue weighted by Gasteiger charge is 2.10. The van der Waals surface area contributed by atoms with Gasteiger partial charge in [0.2, 0.25) is 0 Å². The number of hydrogen-bond donors (Lipinski definition) is 2. The first-order valence-electron chi connectivity index (χ1n) is 8.38. The summed E-state index contributed by atoms with van der Waals surface area (Å²) >= 11 is 0. The maximum Gasteiger partial charge on any atom is 0.271 e. The number of H-pyrrole nitrogens is 2. The van der Waals surface area contributed by atoms with Gasteiger partial charge in [-0.15, -0.1) is 0 Å². The summed E-state index contributed by atoms with van der Waals surface area (Å²) in [4.78, 5) is 18.8. The Morgan fingerprint density at radius 3 is 2.24 bits per heavy atom. The van der Waals surface area contributed by atoms with E-state index in [1.807, 2.05) is 34.6 Å². The van der Waals surface area contributed by atoms with Gasteiger partial charge in [-0.05, 0) is 37.9 Å². The zero-order valence-corrected chi connectivity index (χ0v) is 16.5. The lowest BCUT2D eigenvalue weighted by atomic mass is 10.2. The standard InChI is InChI=1S/C13H15N3O2.C2H5N.2C2H6/c1-4-11(14-3)8(2)18-9-5-6-12-10(7-9)13(17)16-15-12;1-3-2;2*1-2/h4-8H,1H2,2-3H3,(H2,15,16,17);1H2,2H3;2*1-2H3. The molecular formula is C19H32N4O2. The molecule has 0 aliphatic heterocycles. The van der Waals surface area contributed by atoms with Gasteiger partial charge >= 0.3 is 0 Å². The van der Waals surface area contributed by atoms with Crippen molar-refractivity contribution in [3.63, 3.8) is 0 Å². The van der Waals surface area contributed by atoms with Crippen LogP contribution < -0.4 is 10.3 Å². The average molecular weight is 348 g/mol. The van der Waals surface area contributed by atoms with Crippen molar-refractivity contribution in [2.45, 2.75) is 40.7 Å². The number of nitrogens with one attached hydrogen (secondary N) is 2. The van der Waals surface area contributed by atoms with E-state index < -0.39 is 0 Å². The molecular weight excluding hydrogens is 316 g/mol. The molecule has 2 rings (SSSR count). The summed E-state index contributed by atoms with van der Waals surface area (Å²) in [6.45, 7) is 16.7. The van der Waals surface area contributed by atoms with Crippen LogP contribution in [0.4, 0.5) is 0 Å². The molecule has 0 aliphatic rings. The minimum Gasteiger partial charge on any atom is -0.484 e. The first-order valence-corrected chi connectivity index (χ1v) is 8.38. The second-order valence-corrected chi connectivity index (χ2v) is 4.22. The van der Waals surface area contributed by atoms with Crippen molar-refractivity contribution in [2.24, 2.45) is 9.98 Å². The minimum absolute atomic E-state index is 0.156. The molecule has 140 valence electrons. The predicted octanol–water partition coefficient (Wildman–Crippen LogP) is 4.25. The van der Waals surface area contributed by atoms with E-state index in [1.165, 1.54) is 0 Å². The third-order valence-electron chi connectivity index (χ3n) is 2.74. The summed E-state index contributed by atoms with van der Waals surface area (Å²) in [6, 6.07) is 5.31. The fraction of sp³-hybridized carbons (Fsp3) is 0.421. The Bertz CT molecular complexity index is 699. The van der Waals surface area contributed by atoms with Gasteiger partial charge in [-0.25, -0.2) is 0 Å². The van der Waals surface area contributed by atoms with Gasteiger partial charge in [-0.1, -0.05) is 34.3 Å². The Morgan fingerprint density at radius 2 is 1.76 bits per heavy atom. The van der Waals surface area contributed by atoms with E-state index in [2.05, 4.69) is 33.5 Å². The molecule has 0 saturated carbocycles. The van der Waals surface area contributed by atoms with E-state index >= 15 is 0 Å². The van der Waals surface area contributed by atoms with E-state index in [1.54, 1.807) is 38.4 Å². The van der Waals surface area contributed by atoms with Crippen molar-refractivity contribution in [3.05, 3.63) is 41.2 Å². The van der Waals surface area contributed by atoms with Gasteiger partial charge in [-0.3, -0.25) is 20.0 Å². The number of aromatic amines is 2. The van der Waals surface area contributed by atoms with Crippen molar-refractivity contribution >= 4 is 23.3 Å². The van der Waals surface area contributed by atoms with Crippen molar-refractivity contribution in [3.8, 4) is 5.75 Å². The zero-order chi connectivity index (χ0) is 19.8. The topological polar surface area (TPSA) is 82.6 Å². The highest BCUT2D eigenvalue weighted by Crippen LogP contribution is 2.18.